The third kappa shape index (κ3) is 4.59. The Labute approximate surface area is 207 Å². The van der Waals surface area contributed by atoms with E-state index in [0.717, 1.165) is 56.7 Å². The maximum absolute atomic E-state index is 13.3. The molecule has 5 aliphatic rings. The fraction of sp³-hybridized carbons (Fsp3) is 0.679. The first-order valence-corrected chi connectivity index (χ1v) is 13.6. The number of methoxy groups -OCH3 is 1. The molecule has 188 valence electrons. The quantitative estimate of drug-likeness (QED) is 0.622. The first-order chi connectivity index (χ1) is 17.0. The molecule has 1 unspecified atom stereocenters. The molecule has 2 amide bonds. The van der Waals surface area contributed by atoms with Gasteiger partial charge in [-0.2, -0.15) is 0 Å². The summed E-state index contributed by atoms with van der Waals surface area (Å²) in [7, 11) is 1.72. The van der Waals surface area contributed by atoms with Crippen molar-refractivity contribution in [2.45, 2.75) is 64.2 Å². The summed E-state index contributed by atoms with van der Waals surface area (Å²) in [5, 5.41) is 3.17. The number of pyridine rings is 1. The number of anilines is 1. The van der Waals surface area contributed by atoms with Gasteiger partial charge >= 0.3 is 0 Å². The molecule has 4 bridgehead atoms. The average molecular weight is 479 g/mol. The lowest BCUT2D eigenvalue weighted by Gasteiger charge is -2.56. The van der Waals surface area contributed by atoms with E-state index in [1.54, 1.807) is 13.3 Å². The van der Waals surface area contributed by atoms with Crippen LogP contribution in [0.15, 0.2) is 24.4 Å². The van der Waals surface area contributed by atoms with Gasteiger partial charge in [-0.3, -0.25) is 14.0 Å². The number of nitrogens with one attached hydrogen (secondary N) is 1. The number of rotatable bonds is 7. The SMILES string of the molecule is COCCC1CCCN(C(=O)c2cn3c(NC(=O)CC45CC6CC(CC(C6)C4)C5)cccc3n2)C1. The van der Waals surface area contributed by atoms with Crippen LogP contribution >= 0.6 is 0 Å². The van der Waals surface area contributed by atoms with Crippen molar-refractivity contribution in [3.8, 4) is 0 Å². The van der Waals surface area contributed by atoms with Gasteiger partial charge in [0.25, 0.3) is 5.91 Å². The lowest BCUT2D eigenvalue weighted by Crippen LogP contribution is -2.47. The molecule has 1 saturated heterocycles. The van der Waals surface area contributed by atoms with Gasteiger partial charge in [0, 0.05) is 39.4 Å². The van der Waals surface area contributed by atoms with Gasteiger partial charge < -0.3 is 15.0 Å². The molecule has 1 N–H and O–H groups in total. The van der Waals surface area contributed by atoms with Crippen molar-refractivity contribution in [3.05, 3.63) is 30.1 Å². The molecule has 0 aromatic carbocycles. The standard InChI is InChI=1S/C28H38N4O3/c1-35-9-7-19-4-3-8-31(17-19)27(34)23-18-32-24(29-23)5-2-6-25(32)30-26(33)16-28-13-20-10-21(14-28)12-22(11-20)15-28/h2,5-6,18-22H,3-4,7-17H2,1H3,(H,30,33). The smallest absolute Gasteiger partial charge is 0.274 e. The second-order valence-electron chi connectivity index (χ2n) is 11.9. The van der Waals surface area contributed by atoms with Crippen molar-refractivity contribution in [3.63, 3.8) is 0 Å². The molecule has 0 spiro atoms. The molecular formula is C28H38N4O3. The minimum absolute atomic E-state index is 0.0262. The Balaban J connectivity index is 1.15. The molecule has 7 nitrogen and oxygen atoms in total. The molecule has 35 heavy (non-hydrogen) atoms. The van der Waals surface area contributed by atoms with Crippen molar-refractivity contribution in [2.24, 2.45) is 29.1 Å². The van der Waals surface area contributed by atoms with Crippen LogP contribution < -0.4 is 5.32 Å². The molecule has 2 aromatic rings. The van der Waals surface area contributed by atoms with Crippen LogP contribution in [-0.4, -0.2) is 52.9 Å². The number of hydrogen-bond acceptors (Lipinski definition) is 4. The molecular weight excluding hydrogens is 440 g/mol. The van der Waals surface area contributed by atoms with Crippen molar-refractivity contribution in [1.82, 2.24) is 14.3 Å². The number of hydrogen-bond donors (Lipinski definition) is 1. The number of carbonyl (C=O) groups is 2. The van der Waals surface area contributed by atoms with Crippen LogP contribution in [0.2, 0.25) is 0 Å². The molecule has 7 heteroatoms. The van der Waals surface area contributed by atoms with Crippen molar-refractivity contribution >= 4 is 23.3 Å². The number of fused-ring (bicyclic) bond motifs is 1. The van der Waals surface area contributed by atoms with Crippen LogP contribution in [0.25, 0.3) is 5.65 Å². The summed E-state index contributed by atoms with van der Waals surface area (Å²) >= 11 is 0. The van der Waals surface area contributed by atoms with Crippen LogP contribution in [0.1, 0.15) is 74.7 Å². The summed E-state index contributed by atoms with van der Waals surface area (Å²) in [6.45, 7) is 2.25. The monoisotopic (exact) mass is 478 g/mol. The second-order valence-corrected chi connectivity index (χ2v) is 11.9. The zero-order valence-electron chi connectivity index (χ0n) is 20.9. The van der Waals surface area contributed by atoms with Crippen molar-refractivity contribution in [1.29, 1.82) is 0 Å². The number of likely N-dealkylation sites (tertiary alicyclic amines) is 1. The third-order valence-corrected chi connectivity index (χ3v) is 9.22. The molecule has 1 atom stereocenters. The van der Waals surface area contributed by atoms with Gasteiger partial charge in [0.1, 0.15) is 17.2 Å². The van der Waals surface area contributed by atoms with Crippen molar-refractivity contribution < 1.29 is 14.3 Å². The fourth-order valence-electron chi connectivity index (χ4n) is 8.18. The van der Waals surface area contributed by atoms with Crippen LogP contribution in [0.5, 0.6) is 0 Å². The van der Waals surface area contributed by atoms with E-state index >= 15 is 0 Å². The summed E-state index contributed by atoms with van der Waals surface area (Å²) in [5.41, 5.74) is 1.34. The van der Waals surface area contributed by atoms with E-state index < -0.39 is 0 Å². The molecule has 5 fully saturated rings. The van der Waals surface area contributed by atoms with Gasteiger partial charge in [0.2, 0.25) is 5.91 Å². The number of carbonyl (C=O) groups excluding carboxylic acids is 2. The summed E-state index contributed by atoms with van der Waals surface area (Å²) < 4.78 is 7.09. The number of piperidine rings is 1. The van der Waals surface area contributed by atoms with Gasteiger partial charge in [-0.1, -0.05) is 6.07 Å². The third-order valence-electron chi connectivity index (χ3n) is 9.22. The topological polar surface area (TPSA) is 75.9 Å². The van der Waals surface area contributed by atoms with Crippen molar-refractivity contribution in [2.75, 3.05) is 32.1 Å². The van der Waals surface area contributed by atoms with E-state index in [9.17, 15) is 9.59 Å². The van der Waals surface area contributed by atoms with Crippen LogP contribution in [-0.2, 0) is 9.53 Å². The van der Waals surface area contributed by atoms with E-state index in [1.807, 2.05) is 27.5 Å². The largest absolute Gasteiger partial charge is 0.385 e. The predicted molar refractivity (Wildman–Crippen MR) is 134 cm³/mol. The number of nitrogens with zero attached hydrogens (tertiary/aromatic N) is 3. The first-order valence-electron chi connectivity index (χ1n) is 13.6. The highest BCUT2D eigenvalue weighted by Gasteiger charge is 2.51. The molecule has 3 heterocycles. The summed E-state index contributed by atoms with van der Waals surface area (Å²) in [5.74, 6) is 3.75. The van der Waals surface area contributed by atoms with E-state index in [4.69, 9.17) is 4.74 Å². The van der Waals surface area contributed by atoms with Gasteiger partial charge in [-0.15, -0.1) is 0 Å². The zero-order chi connectivity index (χ0) is 24.0. The highest BCUT2D eigenvalue weighted by atomic mass is 16.5. The molecule has 1 aliphatic heterocycles. The van der Waals surface area contributed by atoms with E-state index in [2.05, 4.69) is 10.3 Å². The van der Waals surface area contributed by atoms with Gasteiger partial charge in [-0.05, 0) is 99.0 Å². The first kappa shape index (κ1) is 23.0. The Bertz CT molecular complexity index is 1070. The Kier molecular flexibility index (Phi) is 6.07. The lowest BCUT2D eigenvalue weighted by molar-refractivity contribution is -0.124. The molecule has 2 aromatic heterocycles. The zero-order valence-corrected chi connectivity index (χ0v) is 20.9. The Morgan fingerprint density at radius 1 is 1.14 bits per heavy atom. The maximum Gasteiger partial charge on any atom is 0.274 e. The number of amides is 2. The molecule has 4 saturated carbocycles. The minimum Gasteiger partial charge on any atom is -0.385 e. The Morgan fingerprint density at radius 3 is 2.60 bits per heavy atom. The van der Waals surface area contributed by atoms with E-state index in [1.165, 1.54) is 38.5 Å². The molecule has 0 radical (unpaired) electrons. The van der Waals surface area contributed by atoms with Crippen LogP contribution in [0, 0.1) is 29.1 Å². The number of ether oxygens (including phenoxy) is 1. The highest BCUT2D eigenvalue weighted by Crippen LogP contribution is 2.61. The summed E-state index contributed by atoms with van der Waals surface area (Å²) in [4.78, 5) is 33.0. The highest BCUT2D eigenvalue weighted by molar-refractivity contribution is 5.94. The number of imidazole rings is 1. The predicted octanol–water partition coefficient (Wildman–Crippen LogP) is 4.77. The molecule has 4 aliphatic carbocycles. The summed E-state index contributed by atoms with van der Waals surface area (Å²) in [6, 6.07) is 5.70. The number of aromatic nitrogens is 2. The summed E-state index contributed by atoms with van der Waals surface area (Å²) in [6.07, 6.45) is 13.4. The van der Waals surface area contributed by atoms with Gasteiger partial charge in [0.05, 0.1) is 0 Å². The van der Waals surface area contributed by atoms with E-state index in [-0.39, 0.29) is 17.2 Å². The molecule has 7 rings (SSSR count). The average Bonchev–Trinajstić information content (AvgIpc) is 3.27. The van der Waals surface area contributed by atoms with Gasteiger partial charge in [0.15, 0.2) is 0 Å². The Morgan fingerprint density at radius 2 is 1.89 bits per heavy atom. The van der Waals surface area contributed by atoms with Crippen LogP contribution in [0.4, 0.5) is 5.82 Å². The maximum atomic E-state index is 13.3. The Hall–Kier alpha value is -2.41. The lowest BCUT2D eigenvalue weighted by atomic mass is 9.49. The minimum atomic E-state index is -0.0262. The van der Waals surface area contributed by atoms with E-state index in [0.29, 0.717) is 29.5 Å². The van der Waals surface area contributed by atoms with Crippen LogP contribution in [0.3, 0.4) is 0 Å². The second kappa shape index (κ2) is 9.23. The van der Waals surface area contributed by atoms with Gasteiger partial charge in [-0.25, -0.2) is 4.98 Å². The normalized spacial score (nSPS) is 31.7. The fourth-order valence-corrected chi connectivity index (χ4v) is 8.18.